The van der Waals surface area contributed by atoms with E-state index in [1.807, 2.05) is 6.92 Å². The van der Waals surface area contributed by atoms with Gasteiger partial charge in [0, 0.05) is 17.8 Å². The van der Waals surface area contributed by atoms with Gasteiger partial charge in [-0.15, -0.1) is 0 Å². The van der Waals surface area contributed by atoms with Crippen LogP contribution in [0.25, 0.3) is 11.2 Å². The fourth-order valence-corrected chi connectivity index (χ4v) is 3.58. The van der Waals surface area contributed by atoms with E-state index in [2.05, 4.69) is 25.7 Å². The van der Waals surface area contributed by atoms with Crippen molar-refractivity contribution < 1.29 is 22.4 Å². The van der Waals surface area contributed by atoms with Crippen LogP contribution in [0.5, 0.6) is 0 Å². The summed E-state index contributed by atoms with van der Waals surface area (Å²) in [5, 5.41) is 10.00. The van der Waals surface area contributed by atoms with E-state index in [4.69, 9.17) is 0 Å². The maximum atomic E-state index is 14.6. The highest BCUT2D eigenvalue weighted by molar-refractivity contribution is 5.92. The molecule has 4 aromatic rings. The number of hydrogen-bond donors (Lipinski definition) is 2. The van der Waals surface area contributed by atoms with Crippen molar-refractivity contribution in [2.75, 3.05) is 10.6 Å². The van der Waals surface area contributed by atoms with Crippen LogP contribution < -0.4 is 10.6 Å². The van der Waals surface area contributed by atoms with Crippen LogP contribution in [0.1, 0.15) is 36.6 Å². The highest BCUT2D eigenvalue weighted by Crippen LogP contribution is 2.30. The Morgan fingerprint density at radius 3 is 2.71 bits per heavy atom. The predicted molar refractivity (Wildman–Crippen MR) is 123 cm³/mol. The molecule has 2 aromatic heterocycles. The molecule has 0 spiro atoms. The van der Waals surface area contributed by atoms with Crippen molar-refractivity contribution in [2.45, 2.75) is 39.0 Å². The van der Waals surface area contributed by atoms with Gasteiger partial charge in [-0.3, -0.25) is 9.48 Å². The first-order valence-electron chi connectivity index (χ1n) is 10.8. The lowest BCUT2D eigenvalue weighted by atomic mass is 10.1. The minimum atomic E-state index is -4.49. The Morgan fingerprint density at radius 2 is 1.97 bits per heavy atom. The number of halogens is 4. The number of nitrogens with one attached hydrogen (secondary N) is 2. The predicted octanol–water partition coefficient (Wildman–Crippen LogP) is 5.36. The maximum absolute atomic E-state index is 14.6. The molecule has 0 saturated carbocycles. The lowest BCUT2D eigenvalue weighted by Gasteiger charge is -2.17. The summed E-state index contributed by atoms with van der Waals surface area (Å²) >= 11 is 0. The van der Waals surface area contributed by atoms with Crippen LogP contribution in [0.15, 0.2) is 54.9 Å². The number of rotatable bonds is 7. The molecule has 0 aliphatic rings. The zero-order valence-corrected chi connectivity index (χ0v) is 18.9. The first-order chi connectivity index (χ1) is 16.6. The number of nitrogens with zero attached hydrogens (tertiary/aromatic N) is 4. The first-order valence-corrected chi connectivity index (χ1v) is 10.8. The fraction of sp³-hybridized carbons (Fsp3) is 0.250. The number of anilines is 2. The Labute approximate surface area is 198 Å². The summed E-state index contributed by atoms with van der Waals surface area (Å²) in [4.78, 5) is 21.1. The Morgan fingerprint density at radius 1 is 1.17 bits per heavy atom. The van der Waals surface area contributed by atoms with Gasteiger partial charge in [0.15, 0.2) is 0 Å². The summed E-state index contributed by atoms with van der Waals surface area (Å²) in [6.07, 6.45) is -1.45. The van der Waals surface area contributed by atoms with Crippen LogP contribution in [0, 0.1) is 5.82 Å². The molecule has 0 aliphatic heterocycles. The number of carbonyl (C=O) groups is 1. The second-order valence-corrected chi connectivity index (χ2v) is 7.97. The number of amides is 1. The molecule has 1 atom stereocenters. The third-order valence-corrected chi connectivity index (χ3v) is 5.33. The summed E-state index contributed by atoms with van der Waals surface area (Å²) < 4.78 is 55.0. The number of carbonyl (C=O) groups excluding carboxylic acids is 1. The molecule has 2 heterocycles. The van der Waals surface area contributed by atoms with Crippen molar-refractivity contribution in [1.29, 1.82) is 0 Å². The standard InChI is InChI=1S/C24H22F4N6O/c1-3-34-13-20-23(33-34)32-21(12-29-20)30-14(2)18-11-17(7-8-19(18)25)31-22(35)10-15-5-4-6-16(9-15)24(26,27)28/h4-9,11-14H,3,10H2,1-2H3,(H,31,35)(H,30,32,33)/t14-/m0/s1. The summed E-state index contributed by atoms with van der Waals surface area (Å²) in [7, 11) is 0. The lowest BCUT2D eigenvalue weighted by Crippen LogP contribution is -2.16. The number of benzene rings is 2. The summed E-state index contributed by atoms with van der Waals surface area (Å²) in [5.41, 5.74) is 1.07. The number of fused-ring (bicyclic) bond motifs is 1. The number of aryl methyl sites for hydroxylation is 1. The molecule has 0 unspecified atom stereocenters. The van der Waals surface area contributed by atoms with E-state index >= 15 is 0 Å². The molecule has 0 aliphatic carbocycles. The third-order valence-electron chi connectivity index (χ3n) is 5.33. The van der Waals surface area contributed by atoms with Crippen LogP contribution in [0.2, 0.25) is 0 Å². The average Bonchev–Trinajstić information content (AvgIpc) is 3.22. The molecule has 35 heavy (non-hydrogen) atoms. The fourth-order valence-electron chi connectivity index (χ4n) is 3.58. The van der Waals surface area contributed by atoms with Gasteiger partial charge in [-0.2, -0.15) is 18.3 Å². The summed E-state index contributed by atoms with van der Waals surface area (Å²) in [6, 6.07) is 8.11. The second-order valence-electron chi connectivity index (χ2n) is 7.97. The van der Waals surface area contributed by atoms with E-state index in [1.54, 1.807) is 17.8 Å². The van der Waals surface area contributed by atoms with E-state index in [0.717, 1.165) is 12.1 Å². The van der Waals surface area contributed by atoms with Gasteiger partial charge in [-0.1, -0.05) is 18.2 Å². The molecule has 0 bridgehead atoms. The smallest absolute Gasteiger partial charge is 0.362 e. The Kier molecular flexibility index (Phi) is 6.68. The van der Waals surface area contributed by atoms with E-state index < -0.39 is 29.5 Å². The number of hydrogen-bond acceptors (Lipinski definition) is 5. The minimum absolute atomic E-state index is 0.217. The molecule has 0 radical (unpaired) electrons. The molecule has 11 heteroatoms. The third kappa shape index (κ3) is 5.73. The highest BCUT2D eigenvalue weighted by atomic mass is 19.4. The molecule has 182 valence electrons. The van der Waals surface area contributed by atoms with E-state index in [-0.39, 0.29) is 17.5 Å². The average molecular weight is 486 g/mol. The Bertz CT molecular complexity index is 1370. The van der Waals surface area contributed by atoms with Crippen LogP contribution in [-0.4, -0.2) is 25.7 Å². The van der Waals surface area contributed by atoms with E-state index in [1.165, 1.54) is 36.5 Å². The number of aromatic nitrogens is 4. The van der Waals surface area contributed by atoms with Crippen molar-refractivity contribution in [3.05, 3.63) is 77.4 Å². The van der Waals surface area contributed by atoms with E-state index in [9.17, 15) is 22.4 Å². The monoisotopic (exact) mass is 486 g/mol. The quantitative estimate of drug-likeness (QED) is 0.344. The second kappa shape index (κ2) is 9.69. The van der Waals surface area contributed by atoms with Gasteiger partial charge in [0.25, 0.3) is 0 Å². The van der Waals surface area contributed by atoms with Crippen molar-refractivity contribution in [1.82, 2.24) is 19.7 Å². The van der Waals surface area contributed by atoms with Crippen LogP contribution in [0.4, 0.5) is 29.1 Å². The number of alkyl halides is 3. The Hall–Kier alpha value is -4.02. The minimum Gasteiger partial charge on any atom is -0.362 e. The van der Waals surface area contributed by atoms with Crippen molar-refractivity contribution in [3.8, 4) is 0 Å². The zero-order chi connectivity index (χ0) is 25.2. The van der Waals surface area contributed by atoms with Gasteiger partial charge < -0.3 is 10.6 Å². The van der Waals surface area contributed by atoms with Gasteiger partial charge in [0.05, 0.1) is 30.4 Å². The van der Waals surface area contributed by atoms with Crippen molar-refractivity contribution in [2.24, 2.45) is 0 Å². The molecular formula is C24H22F4N6O. The SMILES string of the molecule is CCn1cc2ncc(N[C@@H](C)c3cc(NC(=O)Cc4cccc(C(F)(F)F)c4)ccc3F)nc2n1. The molecule has 2 N–H and O–H groups in total. The largest absolute Gasteiger partial charge is 0.416 e. The van der Waals surface area contributed by atoms with Crippen LogP contribution in [0.3, 0.4) is 0 Å². The van der Waals surface area contributed by atoms with Crippen molar-refractivity contribution in [3.63, 3.8) is 0 Å². The van der Waals surface area contributed by atoms with E-state index in [0.29, 0.717) is 29.2 Å². The summed E-state index contributed by atoms with van der Waals surface area (Å²) in [6.45, 7) is 4.35. The summed E-state index contributed by atoms with van der Waals surface area (Å²) in [5.74, 6) is -0.611. The van der Waals surface area contributed by atoms with Gasteiger partial charge in [-0.05, 0) is 43.7 Å². The van der Waals surface area contributed by atoms with Crippen LogP contribution >= 0.6 is 0 Å². The Balaban J connectivity index is 1.46. The molecule has 4 rings (SSSR count). The molecule has 1 amide bonds. The lowest BCUT2D eigenvalue weighted by molar-refractivity contribution is -0.137. The maximum Gasteiger partial charge on any atom is 0.416 e. The van der Waals surface area contributed by atoms with Crippen molar-refractivity contribution >= 4 is 28.6 Å². The highest BCUT2D eigenvalue weighted by Gasteiger charge is 2.30. The molecule has 2 aromatic carbocycles. The van der Waals surface area contributed by atoms with Gasteiger partial charge in [-0.25, -0.2) is 14.4 Å². The zero-order valence-electron chi connectivity index (χ0n) is 18.9. The molecule has 7 nitrogen and oxygen atoms in total. The normalized spacial score (nSPS) is 12.5. The topological polar surface area (TPSA) is 84.7 Å². The molecule has 0 fully saturated rings. The van der Waals surface area contributed by atoms with Gasteiger partial charge in [0.2, 0.25) is 11.6 Å². The molecule has 0 saturated heterocycles. The van der Waals surface area contributed by atoms with Gasteiger partial charge >= 0.3 is 6.18 Å². The first kappa shape index (κ1) is 24.1. The van der Waals surface area contributed by atoms with Crippen LogP contribution in [-0.2, 0) is 23.9 Å². The van der Waals surface area contributed by atoms with Gasteiger partial charge in [0.1, 0.15) is 17.2 Å². The molecular weight excluding hydrogens is 464 g/mol.